The van der Waals surface area contributed by atoms with Gasteiger partial charge in [-0.05, 0) is 24.9 Å². The van der Waals surface area contributed by atoms with Crippen molar-refractivity contribution in [3.63, 3.8) is 0 Å². The zero-order valence-corrected chi connectivity index (χ0v) is 14.6. The van der Waals surface area contributed by atoms with Crippen molar-refractivity contribution in [2.75, 3.05) is 31.1 Å². The highest BCUT2D eigenvalue weighted by atomic mass is 16.6. The first-order valence-electron chi connectivity index (χ1n) is 9.10. The van der Waals surface area contributed by atoms with Gasteiger partial charge in [-0.25, -0.2) is 4.63 Å². The molecule has 8 nitrogen and oxygen atoms in total. The number of nitrogens with one attached hydrogen (secondary N) is 1. The van der Waals surface area contributed by atoms with E-state index in [0.717, 1.165) is 48.7 Å². The smallest absolute Gasteiger partial charge is 0.257 e. The standard InChI is InChI=1S/C17H24N6O2/c1-12-16(21-25-20-12)22-7-9-23(10-8-22)17(24)14-11-18-19-15(14)13-5-3-2-4-6-13/h11,13H,2-10H2,1H3,(H,18,19). The molecule has 1 amide bonds. The average molecular weight is 344 g/mol. The van der Waals surface area contributed by atoms with Gasteiger partial charge in [-0.3, -0.25) is 9.89 Å². The number of piperazine rings is 1. The van der Waals surface area contributed by atoms with E-state index >= 15 is 0 Å². The molecule has 1 saturated heterocycles. The number of nitrogens with zero attached hydrogens (tertiary/aromatic N) is 5. The number of carbonyl (C=O) groups excluding carboxylic acids is 1. The highest BCUT2D eigenvalue weighted by Crippen LogP contribution is 2.33. The number of H-pyrrole nitrogens is 1. The van der Waals surface area contributed by atoms with Gasteiger partial charge in [0.05, 0.1) is 17.5 Å². The Kier molecular flexibility index (Phi) is 4.42. The van der Waals surface area contributed by atoms with Crippen molar-refractivity contribution < 1.29 is 9.42 Å². The molecule has 25 heavy (non-hydrogen) atoms. The summed E-state index contributed by atoms with van der Waals surface area (Å²) in [4.78, 5) is 17.0. The van der Waals surface area contributed by atoms with Gasteiger partial charge in [-0.2, -0.15) is 5.10 Å². The van der Waals surface area contributed by atoms with Crippen LogP contribution in [0.1, 0.15) is 59.8 Å². The molecule has 1 saturated carbocycles. The molecule has 0 aromatic carbocycles. The average Bonchev–Trinajstić information content (AvgIpc) is 3.31. The van der Waals surface area contributed by atoms with Gasteiger partial charge in [0.15, 0.2) is 5.82 Å². The zero-order chi connectivity index (χ0) is 17.2. The molecule has 0 unspecified atom stereocenters. The lowest BCUT2D eigenvalue weighted by Gasteiger charge is -2.34. The van der Waals surface area contributed by atoms with Crippen LogP contribution in [0.15, 0.2) is 10.8 Å². The van der Waals surface area contributed by atoms with Crippen LogP contribution in [-0.2, 0) is 0 Å². The van der Waals surface area contributed by atoms with E-state index in [-0.39, 0.29) is 5.91 Å². The fraction of sp³-hybridized carbons (Fsp3) is 0.647. The second-order valence-corrected chi connectivity index (χ2v) is 6.98. The van der Waals surface area contributed by atoms with Crippen molar-refractivity contribution in [1.82, 2.24) is 25.4 Å². The summed E-state index contributed by atoms with van der Waals surface area (Å²) in [5.41, 5.74) is 2.57. The maximum absolute atomic E-state index is 13.0. The number of hydrogen-bond donors (Lipinski definition) is 1. The first-order chi connectivity index (χ1) is 12.2. The molecule has 8 heteroatoms. The first-order valence-corrected chi connectivity index (χ1v) is 9.10. The second kappa shape index (κ2) is 6.85. The third kappa shape index (κ3) is 3.12. The molecule has 2 aromatic rings. The Bertz CT molecular complexity index is 725. The molecular formula is C17H24N6O2. The highest BCUT2D eigenvalue weighted by molar-refractivity contribution is 5.95. The van der Waals surface area contributed by atoms with E-state index in [2.05, 4.69) is 25.4 Å². The van der Waals surface area contributed by atoms with Crippen molar-refractivity contribution in [1.29, 1.82) is 0 Å². The van der Waals surface area contributed by atoms with E-state index < -0.39 is 0 Å². The second-order valence-electron chi connectivity index (χ2n) is 6.98. The lowest BCUT2D eigenvalue weighted by molar-refractivity contribution is 0.0744. The Morgan fingerprint density at radius 2 is 1.92 bits per heavy atom. The topological polar surface area (TPSA) is 91.2 Å². The molecule has 2 fully saturated rings. The monoisotopic (exact) mass is 344 g/mol. The third-order valence-corrected chi connectivity index (χ3v) is 5.41. The van der Waals surface area contributed by atoms with Crippen LogP contribution in [0.4, 0.5) is 5.82 Å². The lowest BCUT2D eigenvalue weighted by Crippen LogP contribution is -2.49. The molecule has 1 aliphatic heterocycles. The van der Waals surface area contributed by atoms with Gasteiger partial charge in [0.25, 0.3) is 5.91 Å². The van der Waals surface area contributed by atoms with E-state index in [0.29, 0.717) is 19.0 Å². The Balaban J connectivity index is 1.43. The largest absolute Gasteiger partial charge is 0.349 e. The van der Waals surface area contributed by atoms with Gasteiger partial charge in [-0.1, -0.05) is 24.4 Å². The van der Waals surface area contributed by atoms with Crippen LogP contribution in [-0.4, -0.2) is 57.5 Å². The van der Waals surface area contributed by atoms with Crippen LogP contribution in [0.5, 0.6) is 0 Å². The summed E-state index contributed by atoms with van der Waals surface area (Å²) >= 11 is 0. The minimum Gasteiger partial charge on any atom is -0.349 e. The summed E-state index contributed by atoms with van der Waals surface area (Å²) in [6.07, 6.45) is 7.77. The molecule has 3 heterocycles. The molecule has 0 spiro atoms. The maximum Gasteiger partial charge on any atom is 0.257 e. The number of anilines is 1. The molecule has 4 rings (SSSR count). The third-order valence-electron chi connectivity index (χ3n) is 5.41. The van der Waals surface area contributed by atoms with Gasteiger partial charge in [0, 0.05) is 32.1 Å². The summed E-state index contributed by atoms with van der Waals surface area (Å²) in [5, 5.41) is 15.0. The van der Waals surface area contributed by atoms with Gasteiger partial charge in [0.2, 0.25) is 0 Å². The van der Waals surface area contributed by atoms with Crippen LogP contribution >= 0.6 is 0 Å². The maximum atomic E-state index is 13.0. The highest BCUT2D eigenvalue weighted by Gasteiger charge is 2.29. The predicted molar refractivity (Wildman–Crippen MR) is 91.6 cm³/mol. The van der Waals surface area contributed by atoms with Crippen molar-refractivity contribution >= 4 is 11.7 Å². The van der Waals surface area contributed by atoms with Crippen LogP contribution in [0.2, 0.25) is 0 Å². The Morgan fingerprint density at radius 3 is 2.60 bits per heavy atom. The molecule has 2 aromatic heterocycles. The quantitative estimate of drug-likeness (QED) is 0.917. The van der Waals surface area contributed by atoms with E-state index in [1.54, 1.807) is 6.20 Å². The molecule has 1 aliphatic carbocycles. The Labute approximate surface area is 146 Å². The number of aromatic nitrogens is 4. The summed E-state index contributed by atoms with van der Waals surface area (Å²) in [6, 6.07) is 0. The molecule has 0 atom stereocenters. The number of aromatic amines is 1. The number of aryl methyl sites for hydroxylation is 1. The van der Waals surface area contributed by atoms with Crippen molar-refractivity contribution in [2.45, 2.75) is 44.9 Å². The number of rotatable bonds is 3. The SMILES string of the molecule is Cc1nonc1N1CCN(C(=O)c2cn[nH]c2C2CCCCC2)CC1. The van der Waals surface area contributed by atoms with Gasteiger partial charge < -0.3 is 9.80 Å². The van der Waals surface area contributed by atoms with E-state index in [1.165, 1.54) is 19.3 Å². The molecule has 0 bridgehead atoms. The van der Waals surface area contributed by atoms with Gasteiger partial charge >= 0.3 is 0 Å². The summed E-state index contributed by atoms with van der Waals surface area (Å²) in [7, 11) is 0. The lowest BCUT2D eigenvalue weighted by atomic mass is 9.85. The zero-order valence-electron chi connectivity index (χ0n) is 14.6. The first kappa shape index (κ1) is 16.1. The summed E-state index contributed by atoms with van der Waals surface area (Å²) in [6.45, 7) is 4.68. The normalized spacial score (nSPS) is 19.4. The minimum absolute atomic E-state index is 0.0870. The molecule has 1 N–H and O–H groups in total. The van der Waals surface area contributed by atoms with Crippen LogP contribution in [0.25, 0.3) is 0 Å². The number of amides is 1. The van der Waals surface area contributed by atoms with Gasteiger partial charge in [-0.15, -0.1) is 0 Å². The molecule has 2 aliphatic rings. The molecule has 134 valence electrons. The summed E-state index contributed by atoms with van der Waals surface area (Å²) in [5.74, 6) is 1.31. The molecule has 0 radical (unpaired) electrons. The number of carbonyl (C=O) groups is 1. The summed E-state index contributed by atoms with van der Waals surface area (Å²) < 4.78 is 4.78. The van der Waals surface area contributed by atoms with Crippen molar-refractivity contribution in [2.24, 2.45) is 0 Å². The van der Waals surface area contributed by atoms with E-state index in [9.17, 15) is 4.79 Å². The van der Waals surface area contributed by atoms with E-state index in [1.807, 2.05) is 11.8 Å². The predicted octanol–water partition coefficient (Wildman–Crippen LogP) is 2.11. The van der Waals surface area contributed by atoms with Gasteiger partial charge in [0.1, 0.15) is 5.69 Å². The fourth-order valence-corrected chi connectivity index (χ4v) is 3.97. The van der Waals surface area contributed by atoms with Crippen LogP contribution in [0, 0.1) is 6.92 Å². The van der Waals surface area contributed by atoms with Crippen molar-refractivity contribution in [3.05, 3.63) is 23.1 Å². The Morgan fingerprint density at radius 1 is 1.16 bits per heavy atom. The minimum atomic E-state index is 0.0870. The Hall–Kier alpha value is -2.38. The van der Waals surface area contributed by atoms with Crippen LogP contribution in [0.3, 0.4) is 0 Å². The number of hydrogen-bond acceptors (Lipinski definition) is 6. The molecular weight excluding hydrogens is 320 g/mol. The van der Waals surface area contributed by atoms with E-state index in [4.69, 9.17) is 4.63 Å². The fourth-order valence-electron chi connectivity index (χ4n) is 3.97. The van der Waals surface area contributed by atoms with Crippen LogP contribution < -0.4 is 4.90 Å². The van der Waals surface area contributed by atoms with Crippen molar-refractivity contribution in [3.8, 4) is 0 Å².